The van der Waals surface area contributed by atoms with E-state index in [9.17, 15) is 0 Å². The molecule has 0 radical (unpaired) electrons. The summed E-state index contributed by atoms with van der Waals surface area (Å²) in [6, 6.07) is 7.19. The number of aryl methyl sites for hydroxylation is 1. The normalized spacial score (nSPS) is 12.6. The van der Waals surface area contributed by atoms with E-state index in [-0.39, 0.29) is 0 Å². The minimum atomic E-state index is 0.498. The van der Waals surface area contributed by atoms with E-state index >= 15 is 0 Å². The first-order valence-electron chi connectivity index (χ1n) is 7.62. The molecule has 2 heteroatoms. The lowest BCUT2D eigenvalue weighted by molar-refractivity contribution is 0.497. The van der Waals surface area contributed by atoms with Crippen molar-refractivity contribution in [3.05, 3.63) is 33.8 Å². The van der Waals surface area contributed by atoms with E-state index in [1.807, 2.05) is 0 Å². The Balaban J connectivity index is 2.38. The maximum absolute atomic E-state index is 3.57. The van der Waals surface area contributed by atoms with Gasteiger partial charge in [0.25, 0.3) is 0 Å². The van der Waals surface area contributed by atoms with Crippen molar-refractivity contribution in [1.29, 1.82) is 0 Å². The summed E-state index contributed by atoms with van der Waals surface area (Å²) in [6.07, 6.45) is 9.45. The Kier molecular flexibility index (Phi) is 8.40. The molecule has 1 aromatic rings. The van der Waals surface area contributed by atoms with Gasteiger partial charge in [-0.3, -0.25) is 0 Å². The molecule has 1 atom stereocenters. The summed E-state index contributed by atoms with van der Waals surface area (Å²) >= 11 is 3.57. The van der Waals surface area contributed by atoms with Crippen LogP contribution < -0.4 is 5.32 Å². The Morgan fingerprint density at radius 3 is 2.42 bits per heavy atom. The Morgan fingerprint density at radius 1 is 1.11 bits per heavy atom. The largest absolute Gasteiger partial charge is 0.313 e. The highest BCUT2D eigenvalue weighted by Crippen LogP contribution is 2.24. The molecule has 0 fully saturated rings. The van der Waals surface area contributed by atoms with Gasteiger partial charge in [-0.2, -0.15) is 0 Å². The Bertz CT molecular complexity index is 362. The van der Waals surface area contributed by atoms with Gasteiger partial charge in [0.2, 0.25) is 0 Å². The SMILES string of the molecule is CCCCCCCCC(NC)c1ccc(Br)c(C)c1. The number of rotatable bonds is 9. The molecule has 0 aliphatic rings. The van der Waals surface area contributed by atoms with Crippen molar-refractivity contribution in [3.63, 3.8) is 0 Å². The first kappa shape index (κ1) is 16.7. The molecule has 0 aliphatic carbocycles. The minimum Gasteiger partial charge on any atom is -0.313 e. The molecule has 1 N–H and O–H groups in total. The van der Waals surface area contributed by atoms with Crippen LogP contribution in [-0.2, 0) is 0 Å². The standard InChI is InChI=1S/C17H28BrN/c1-4-5-6-7-8-9-10-17(19-3)15-11-12-16(18)14(2)13-15/h11-13,17,19H,4-10H2,1-3H3. The zero-order valence-corrected chi connectivity index (χ0v) is 14.2. The summed E-state index contributed by atoms with van der Waals surface area (Å²) in [5.74, 6) is 0. The van der Waals surface area contributed by atoms with E-state index in [0.29, 0.717) is 6.04 Å². The molecule has 0 amide bonds. The van der Waals surface area contributed by atoms with Crippen molar-refractivity contribution < 1.29 is 0 Å². The van der Waals surface area contributed by atoms with E-state index in [0.717, 1.165) is 0 Å². The van der Waals surface area contributed by atoms with Gasteiger partial charge in [0.1, 0.15) is 0 Å². The number of hydrogen-bond donors (Lipinski definition) is 1. The van der Waals surface area contributed by atoms with Crippen LogP contribution in [0.25, 0.3) is 0 Å². The van der Waals surface area contributed by atoms with Crippen LogP contribution in [0.5, 0.6) is 0 Å². The third-order valence-corrected chi connectivity index (χ3v) is 4.67. The fourth-order valence-corrected chi connectivity index (χ4v) is 2.74. The van der Waals surface area contributed by atoms with Crippen molar-refractivity contribution in [2.24, 2.45) is 0 Å². The molecule has 19 heavy (non-hydrogen) atoms. The first-order valence-corrected chi connectivity index (χ1v) is 8.41. The van der Waals surface area contributed by atoms with Gasteiger partial charge in [-0.05, 0) is 37.6 Å². The molecule has 0 bridgehead atoms. The minimum absolute atomic E-state index is 0.498. The first-order chi connectivity index (χ1) is 9.19. The molecule has 108 valence electrons. The third-order valence-electron chi connectivity index (χ3n) is 3.78. The predicted molar refractivity (Wildman–Crippen MR) is 88.7 cm³/mol. The van der Waals surface area contributed by atoms with E-state index in [4.69, 9.17) is 0 Å². The maximum Gasteiger partial charge on any atom is 0.0317 e. The number of unbranched alkanes of at least 4 members (excludes halogenated alkanes) is 5. The van der Waals surface area contributed by atoms with Crippen molar-refractivity contribution in [3.8, 4) is 0 Å². The van der Waals surface area contributed by atoms with E-state index < -0.39 is 0 Å². The lowest BCUT2D eigenvalue weighted by Gasteiger charge is -2.17. The van der Waals surface area contributed by atoms with Crippen LogP contribution in [0.3, 0.4) is 0 Å². The van der Waals surface area contributed by atoms with Gasteiger partial charge in [-0.1, -0.05) is 73.5 Å². The summed E-state index contributed by atoms with van der Waals surface area (Å²) < 4.78 is 1.20. The van der Waals surface area contributed by atoms with E-state index in [2.05, 4.69) is 60.3 Å². The van der Waals surface area contributed by atoms with Crippen LogP contribution in [-0.4, -0.2) is 7.05 Å². The zero-order chi connectivity index (χ0) is 14.1. The van der Waals surface area contributed by atoms with Crippen LogP contribution in [0.2, 0.25) is 0 Å². The van der Waals surface area contributed by atoms with Crippen molar-refractivity contribution in [1.82, 2.24) is 5.32 Å². The van der Waals surface area contributed by atoms with Gasteiger partial charge in [0.05, 0.1) is 0 Å². The molecular formula is C17H28BrN. The van der Waals surface area contributed by atoms with Gasteiger partial charge in [-0.15, -0.1) is 0 Å². The van der Waals surface area contributed by atoms with Gasteiger partial charge in [-0.25, -0.2) is 0 Å². The quantitative estimate of drug-likeness (QED) is 0.568. The Labute approximate surface area is 127 Å². The average molecular weight is 326 g/mol. The summed E-state index contributed by atoms with van der Waals surface area (Å²) in [4.78, 5) is 0. The molecule has 1 nitrogen and oxygen atoms in total. The predicted octanol–water partition coefficient (Wildman–Crippen LogP) is 5.77. The summed E-state index contributed by atoms with van der Waals surface area (Å²) in [5.41, 5.74) is 2.73. The Morgan fingerprint density at radius 2 is 1.79 bits per heavy atom. The van der Waals surface area contributed by atoms with Crippen LogP contribution in [0.4, 0.5) is 0 Å². The van der Waals surface area contributed by atoms with Crippen LogP contribution >= 0.6 is 15.9 Å². The van der Waals surface area contributed by atoms with Crippen LogP contribution in [0, 0.1) is 6.92 Å². The smallest absolute Gasteiger partial charge is 0.0317 e. The summed E-state index contributed by atoms with van der Waals surface area (Å²) in [7, 11) is 2.07. The monoisotopic (exact) mass is 325 g/mol. The third kappa shape index (κ3) is 6.09. The summed E-state index contributed by atoms with van der Waals surface area (Å²) in [6.45, 7) is 4.43. The van der Waals surface area contributed by atoms with Gasteiger partial charge >= 0.3 is 0 Å². The van der Waals surface area contributed by atoms with E-state index in [1.54, 1.807) is 0 Å². The number of halogens is 1. The molecule has 0 saturated carbocycles. The lowest BCUT2D eigenvalue weighted by Crippen LogP contribution is -2.16. The molecule has 1 rings (SSSR count). The fraction of sp³-hybridized carbons (Fsp3) is 0.647. The molecule has 0 aliphatic heterocycles. The highest BCUT2D eigenvalue weighted by molar-refractivity contribution is 9.10. The Hall–Kier alpha value is -0.340. The maximum atomic E-state index is 3.57. The molecule has 0 aromatic heterocycles. The average Bonchev–Trinajstić information content (AvgIpc) is 2.41. The molecule has 0 spiro atoms. The number of benzene rings is 1. The van der Waals surface area contributed by atoms with Gasteiger partial charge in [0.15, 0.2) is 0 Å². The second-order valence-corrected chi connectivity index (χ2v) is 6.26. The highest BCUT2D eigenvalue weighted by Gasteiger charge is 2.09. The second kappa shape index (κ2) is 9.55. The molecule has 1 unspecified atom stereocenters. The van der Waals surface area contributed by atoms with Crippen molar-refractivity contribution in [2.45, 2.75) is 64.8 Å². The number of hydrogen-bond acceptors (Lipinski definition) is 1. The lowest BCUT2D eigenvalue weighted by atomic mass is 9.98. The molecular weight excluding hydrogens is 298 g/mol. The van der Waals surface area contributed by atoms with Crippen LogP contribution in [0.1, 0.15) is 69.0 Å². The highest BCUT2D eigenvalue weighted by atomic mass is 79.9. The summed E-state index contributed by atoms with van der Waals surface area (Å²) in [5, 5.41) is 3.45. The van der Waals surface area contributed by atoms with Crippen molar-refractivity contribution >= 4 is 15.9 Å². The van der Waals surface area contributed by atoms with Crippen LogP contribution in [0.15, 0.2) is 22.7 Å². The molecule has 1 aromatic carbocycles. The van der Waals surface area contributed by atoms with Gasteiger partial charge in [0, 0.05) is 10.5 Å². The fourth-order valence-electron chi connectivity index (χ4n) is 2.49. The number of nitrogens with one attached hydrogen (secondary N) is 1. The van der Waals surface area contributed by atoms with E-state index in [1.165, 1.54) is 60.5 Å². The topological polar surface area (TPSA) is 12.0 Å². The van der Waals surface area contributed by atoms with Crippen molar-refractivity contribution in [2.75, 3.05) is 7.05 Å². The second-order valence-electron chi connectivity index (χ2n) is 5.41. The zero-order valence-electron chi connectivity index (χ0n) is 12.6. The molecule has 0 saturated heterocycles. The van der Waals surface area contributed by atoms with Gasteiger partial charge < -0.3 is 5.32 Å². The molecule has 0 heterocycles.